The molecule has 4 rings (SSSR count). The molecule has 0 bridgehead atoms. The molecule has 0 radical (unpaired) electrons. The van der Waals surface area contributed by atoms with Crippen molar-refractivity contribution in [1.82, 2.24) is 9.97 Å². The van der Waals surface area contributed by atoms with Crippen molar-refractivity contribution in [2.75, 3.05) is 5.75 Å². The van der Waals surface area contributed by atoms with Gasteiger partial charge in [0.05, 0.1) is 11.1 Å². The Balaban J connectivity index is 1.58. The van der Waals surface area contributed by atoms with E-state index in [0.29, 0.717) is 20.9 Å². The number of fused-ring (bicyclic) bond motifs is 1. The van der Waals surface area contributed by atoms with Crippen molar-refractivity contribution >= 4 is 55.0 Å². The molecule has 7 heteroatoms. The molecule has 0 atom stereocenters. The summed E-state index contributed by atoms with van der Waals surface area (Å²) in [5, 5.41) is 3.01. The summed E-state index contributed by atoms with van der Waals surface area (Å²) in [4.78, 5) is 33.1. The first-order chi connectivity index (χ1) is 13.5. The van der Waals surface area contributed by atoms with Gasteiger partial charge in [-0.25, -0.2) is 4.98 Å². The molecule has 2 aromatic heterocycles. The minimum atomic E-state index is -0.180. The van der Waals surface area contributed by atoms with Crippen LogP contribution < -0.4 is 5.56 Å². The molecule has 4 nitrogen and oxygen atoms in total. The standard InChI is InChI=1S/C21H15BrN2O2S2/c1-12-2-4-13(5-3-12)16-10-27-20-18(16)19(26)23-21(24-20)28-11-17(25)14-6-8-15(22)9-7-14/h2-10H,11H2,1H3,(H,23,24,26). The van der Waals surface area contributed by atoms with Gasteiger partial charge in [-0.15, -0.1) is 11.3 Å². The summed E-state index contributed by atoms with van der Waals surface area (Å²) in [5.41, 5.74) is 3.51. The molecule has 2 aromatic carbocycles. The molecular weight excluding hydrogens is 456 g/mol. The fourth-order valence-electron chi connectivity index (χ4n) is 2.80. The summed E-state index contributed by atoms with van der Waals surface area (Å²) in [7, 11) is 0. The molecule has 0 amide bonds. The van der Waals surface area contributed by atoms with Gasteiger partial charge in [-0.2, -0.15) is 0 Å². The van der Waals surface area contributed by atoms with E-state index in [0.717, 1.165) is 15.6 Å². The van der Waals surface area contributed by atoms with Gasteiger partial charge in [0.15, 0.2) is 10.9 Å². The fraction of sp³-hybridized carbons (Fsp3) is 0.0952. The molecular formula is C21H15BrN2O2S2. The van der Waals surface area contributed by atoms with Crippen LogP contribution in [0.1, 0.15) is 15.9 Å². The van der Waals surface area contributed by atoms with E-state index >= 15 is 0 Å². The van der Waals surface area contributed by atoms with Crippen LogP contribution in [0.5, 0.6) is 0 Å². The van der Waals surface area contributed by atoms with Gasteiger partial charge in [0.25, 0.3) is 5.56 Å². The molecule has 0 aliphatic rings. The number of ketones is 1. The Hall–Kier alpha value is -2.22. The number of aromatic nitrogens is 2. The maximum Gasteiger partial charge on any atom is 0.260 e. The third-order valence-electron chi connectivity index (χ3n) is 4.29. The quantitative estimate of drug-likeness (QED) is 0.231. The Morgan fingerprint density at radius 2 is 1.86 bits per heavy atom. The average molecular weight is 471 g/mol. The molecule has 0 unspecified atom stereocenters. The molecule has 140 valence electrons. The second-order valence-electron chi connectivity index (χ2n) is 6.29. The minimum absolute atomic E-state index is 0.00762. The van der Waals surface area contributed by atoms with Gasteiger partial charge in [-0.1, -0.05) is 69.7 Å². The maximum absolute atomic E-state index is 12.7. The van der Waals surface area contributed by atoms with Crippen molar-refractivity contribution in [3.8, 4) is 11.1 Å². The van der Waals surface area contributed by atoms with E-state index in [4.69, 9.17) is 0 Å². The van der Waals surface area contributed by atoms with E-state index in [2.05, 4.69) is 25.9 Å². The number of nitrogens with zero attached hydrogens (tertiary/aromatic N) is 1. The van der Waals surface area contributed by atoms with Crippen molar-refractivity contribution in [3.63, 3.8) is 0 Å². The van der Waals surface area contributed by atoms with E-state index in [1.54, 1.807) is 12.1 Å². The number of hydrogen-bond donors (Lipinski definition) is 1. The molecule has 4 aromatic rings. The number of H-pyrrole nitrogens is 1. The highest BCUT2D eigenvalue weighted by atomic mass is 79.9. The van der Waals surface area contributed by atoms with Gasteiger partial charge in [0, 0.05) is 21.0 Å². The Kier molecular flexibility index (Phi) is 5.48. The molecule has 0 spiro atoms. The molecule has 0 saturated carbocycles. The monoisotopic (exact) mass is 470 g/mol. The summed E-state index contributed by atoms with van der Waals surface area (Å²) < 4.78 is 0.926. The number of carbonyl (C=O) groups excluding carboxylic acids is 1. The van der Waals surface area contributed by atoms with Crippen LogP contribution in [0.3, 0.4) is 0 Å². The SMILES string of the molecule is Cc1ccc(-c2csc3nc(SCC(=O)c4ccc(Br)cc4)[nH]c(=O)c23)cc1. The largest absolute Gasteiger partial charge is 0.301 e. The third kappa shape index (κ3) is 3.97. The van der Waals surface area contributed by atoms with Crippen molar-refractivity contribution < 1.29 is 4.79 Å². The maximum atomic E-state index is 12.7. The van der Waals surface area contributed by atoms with Crippen LogP contribution in [0.2, 0.25) is 0 Å². The van der Waals surface area contributed by atoms with Gasteiger partial charge >= 0.3 is 0 Å². The second-order valence-corrected chi connectivity index (χ2v) is 9.02. The van der Waals surface area contributed by atoms with Crippen LogP contribution in [0.25, 0.3) is 21.3 Å². The summed E-state index contributed by atoms with van der Waals surface area (Å²) in [5.74, 6) is 0.207. The highest BCUT2D eigenvalue weighted by Gasteiger charge is 2.14. The first-order valence-corrected chi connectivity index (χ1v) is 11.2. The summed E-state index contributed by atoms with van der Waals surface area (Å²) in [6.07, 6.45) is 0. The number of aryl methyl sites for hydroxylation is 1. The van der Waals surface area contributed by atoms with Crippen molar-refractivity contribution in [1.29, 1.82) is 0 Å². The van der Waals surface area contributed by atoms with E-state index in [1.807, 2.05) is 48.7 Å². The lowest BCUT2D eigenvalue weighted by Crippen LogP contribution is -2.10. The second kappa shape index (κ2) is 8.03. The first-order valence-electron chi connectivity index (χ1n) is 8.51. The lowest BCUT2D eigenvalue weighted by molar-refractivity contribution is 0.102. The Morgan fingerprint density at radius 3 is 2.57 bits per heavy atom. The van der Waals surface area contributed by atoms with Crippen LogP contribution in [0.15, 0.2) is 68.3 Å². The van der Waals surface area contributed by atoms with E-state index < -0.39 is 0 Å². The Bertz CT molecular complexity index is 1210. The zero-order valence-electron chi connectivity index (χ0n) is 14.9. The van der Waals surface area contributed by atoms with Crippen LogP contribution in [0, 0.1) is 6.92 Å². The fourth-order valence-corrected chi connectivity index (χ4v) is 4.82. The number of nitrogens with one attached hydrogen (secondary N) is 1. The number of halogens is 1. The number of aromatic amines is 1. The van der Waals surface area contributed by atoms with E-state index in [-0.39, 0.29) is 17.1 Å². The topological polar surface area (TPSA) is 62.8 Å². The number of benzene rings is 2. The summed E-state index contributed by atoms with van der Waals surface area (Å²) in [6.45, 7) is 2.03. The van der Waals surface area contributed by atoms with Crippen molar-refractivity contribution in [2.24, 2.45) is 0 Å². The van der Waals surface area contributed by atoms with Crippen LogP contribution in [-0.4, -0.2) is 21.5 Å². The molecule has 2 heterocycles. The first kappa shape index (κ1) is 19.1. The molecule has 1 N–H and O–H groups in total. The van der Waals surface area contributed by atoms with E-state index in [1.165, 1.54) is 28.7 Å². The highest BCUT2D eigenvalue weighted by Crippen LogP contribution is 2.31. The number of hydrogen-bond acceptors (Lipinski definition) is 5. The van der Waals surface area contributed by atoms with E-state index in [9.17, 15) is 9.59 Å². The predicted octanol–water partition coefficient (Wildman–Crippen LogP) is 5.70. The molecule has 0 aliphatic carbocycles. The van der Waals surface area contributed by atoms with Gasteiger partial charge in [0.1, 0.15) is 4.83 Å². The number of Topliss-reactive ketones (excluding diaryl/α,β-unsaturated/α-hetero) is 1. The van der Waals surface area contributed by atoms with Gasteiger partial charge < -0.3 is 4.98 Å². The highest BCUT2D eigenvalue weighted by molar-refractivity contribution is 9.10. The van der Waals surface area contributed by atoms with Crippen molar-refractivity contribution in [3.05, 3.63) is 79.9 Å². The minimum Gasteiger partial charge on any atom is -0.301 e. The number of thioether (sulfide) groups is 1. The zero-order valence-corrected chi connectivity index (χ0v) is 18.1. The average Bonchev–Trinajstić information content (AvgIpc) is 3.12. The Morgan fingerprint density at radius 1 is 1.14 bits per heavy atom. The predicted molar refractivity (Wildman–Crippen MR) is 120 cm³/mol. The normalized spacial score (nSPS) is 11.1. The number of rotatable bonds is 5. The molecule has 0 aliphatic heterocycles. The van der Waals surface area contributed by atoms with Crippen LogP contribution in [-0.2, 0) is 0 Å². The van der Waals surface area contributed by atoms with Crippen LogP contribution in [0.4, 0.5) is 0 Å². The lowest BCUT2D eigenvalue weighted by Gasteiger charge is -2.03. The molecule has 28 heavy (non-hydrogen) atoms. The number of thiophene rings is 1. The van der Waals surface area contributed by atoms with Gasteiger partial charge in [-0.3, -0.25) is 9.59 Å². The number of carbonyl (C=O) groups is 1. The van der Waals surface area contributed by atoms with Crippen LogP contribution >= 0.6 is 39.0 Å². The lowest BCUT2D eigenvalue weighted by atomic mass is 10.1. The molecule has 0 saturated heterocycles. The van der Waals surface area contributed by atoms with Gasteiger partial charge in [0.2, 0.25) is 0 Å². The molecule has 0 fully saturated rings. The smallest absolute Gasteiger partial charge is 0.260 e. The van der Waals surface area contributed by atoms with Gasteiger partial charge in [-0.05, 0) is 24.6 Å². The summed E-state index contributed by atoms with van der Waals surface area (Å²) >= 11 is 6.04. The summed E-state index contributed by atoms with van der Waals surface area (Å²) in [6, 6.07) is 15.3. The van der Waals surface area contributed by atoms with Crippen molar-refractivity contribution in [2.45, 2.75) is 12.1 Å². The Labute approximate surface area is 178 Å². The third-order valence-corrected chi connectivity index (χ3v) is 6.57. The zero-order chi connectivity index (χ0) is 19.7.